The molecule has 0 aromatic rings. The van der Waals surface area contributed by atoms with Crippen LogP contribution in [0.4, 0.5) is 0 Å². The SMILES string of the molecule is CCCCC1[C]N(CCCN2[C]C(CCCC)N(C)N2)NN1C. The highest BCUT2D eigenvalue weighted by atomic mass is 15.8. The fraction of sp³-hybridized carbons (Fsp3) is 0.882. The average molecular weight is 323 g/mol. The normalized spacial score (nSPS) is 28.2. The van der Waals surface area contributed by atoms with Crippen LogP contribution in [0.3, 0.4) is 0 Å². The highest BCUT2D eigenvalue weighted by Gasteiger charge is 2.29. The van der Waals surface area contributed by atoms with Gasteiger partial charge in [-0.3, -0.25) is 0 Å². The van der Waals surface area contributed by atoms with Crippen molar-refractivity contribution in [1.82, 2.24) is 31.1 Å². The summed E-state index contributed by atoms with van der Waals surface area (Å²) in [7, 11) is 4.20. The van der Waals surface area contributed by atoms with Crippen molar-refractivity contribution in [3.05, 3.63) is 13.1 Å². The molecule has 2 atom stereocenters. The third kappa shape index (κ3) is 5.96. The largest absolute Gasteiger partial charge is 0.229 e. The van der Waals surface area contributed by atoms with Crippen molar-refractivity contribution in [2.24, 2.45) is 0 Å². The molecule has 0 spiro atoms. The summed E-state index contributed by atoms with van der Waals surface area (Å²) < 4.78 is 0. The highest BCUT2D eigenvalue weighted by molar-refractivity contribution is 4.88. The van der Waals surface area contributed by atoms with E-state index in [1.54, 1.807) is 0 Å². The zero-order valence-corrected chi connectivity index (χ0v) is 15.3. The van der Waals surface area contributed by atoms with Crippen LogP contribution in [0, 0.1) is 13.1 Å². The van der Waals surface area contributed by atoms with Crippen LogP contribution in [0.1, 0.15) is 58.8 Å². The Labute approximate surface area is 143 Å². The lowest BCUT2D eigenvalue weighted by Crippen LogP contribution is -2.41. The van der Waals surface area contributed by atoms with E-state index < -0.39 is 0 Å². The van der Waals surface area contributed by atoms with Crippen LogP contribution in [0.25, 0.3) is 0 Å². The van der Waals surface area contributed by atoms with Crippen LogP contribution >= 0.6 is 0 Å². The third-order valence-corrected chi connectivity index (χ3v) is 4.53. The molecule has 0 amide bonds. The summed E-state index contributed by atoms with van der Waals surface area (Å²) >= 11 is 0. The van der Waals surface area contributed by atoms with Gasteiger partial charge < -0.3 is 0 Å². The van der Waals surface area contributed by atoms with Crippen molar-refractivity contribution in [2.75, 3.05) is 27.2 Å². The van der Waals surface area contributed by atoms with E-state index in [9.17, 15) is 0 Å². The molecule has 2 fully saturated rings. The first kappa shape index (κ1) is 19.1. The molecule has 0 saturated carbocycles. The predicted molar refractivity (Wildman–Crippen MR) is 92.9 cm³/mol. The molecule has 4 radical (unpaired) electrons. The maximum Gasteiger partial charge on any atom is 0.100 e. The second kappa shape index (κ2) is 9.91. The monoisotopic (exact) mass is 322 g/mol. The molecule has 2 rings (SSSR count). The van der Waals surface area contributed by atoms with Gasteiger partial charge in [0.25, 0.3) is 0 Å². The number of hydrazine groups is 4. The van der Waals surface area contributed by atoms with Crippen molar-refractivity contribution in [3.8, 4) is 0 Å². The molecule has 2 aliphatic rings. The molecule has 2 N–H and O–H groups in total. The van der Waals surface area contributed by atoms with Gasteiger partial charge in [-0.2, -0.15) is 11.1 Å². The van der Waals surface area contributed by atoms with Gasteiger partial charge >= 0.3 is 0 Å². The van der Waals surface area contributed by atoms with E-state index >= 15 is 0 Å². The smallest absolute Gasteiger partial charge is 0.100 e. The standard InChI is InChI=1S/C17H34N6/c1-5-7-10-16-14-22(18-20(16)3)12-9-13-23-15-17(11-8-6-2)21(4)19-23/h16-19H,5-13H2,1-4H3. The molecule has 6 heteroatoms. The van der Waals surface area contributed by atoms with Gasteiger partial charge in [0, 0.05) is 39.3 Å². The van der Waals surface area contributed by atoms with Crippen molar-refractivity contribution < 1.29 is 0 Å². The van der Waals surface area contributed by atoms with Gasteiger partial charge in [0.15, 0.2) is 0 Å². The van der Waals surface area contributed by atoms with E-state index in [0.29, 0.717) is 12.1 Å². The van der Waals surface area contributed by atoms with Gasteiger partial charge in [-0.05, 0) is 19.3 Å². The Morgan fingerprint density at radius 3 is 1.57 bits per heavy atom. The second-order valence-electron chi connectivity index (χ2n) is 6.65. The Balaban J connectivity index is 1.60. The molecule has 2 unspecified atom stereocenters. The van der Waals surface area contributed by atoms with Crippen LogP contribution in [-0.4, -0.2) is 59.3 Å². The lowest BCUT2D eigenvalue weighted by Gasteiger charge is -2.19. The molecule has 6 nitrogen and oxygen atoms in total. The summed E-state index contributed by atoms with van der Waals surface area (Å²) in [5.41, 5.74) is 6.74. The first-order chi connectivity index (χ1) is 11.1. The predicted octanol–water partition coefficient (Wildman–Crippen LogP) is 1.91. The van der Waals surface area contributed by atoms with Crippen molar-refractivity contribution in [3.63, 3.8) is 0 Å². The number of rotatable bonds is 10. The lowest BCUT2D eigenvalue weighted by atomic mass is 10.1. The minimum atomic E-state index is 0.405. The molecule has 2 saturated heterocycles. The Kier molecular flexibility index (Phi) is 8.23. The van der Waals surface area contributed by atoms with E-state index in [-0.39, 0.29) is 0 Å². The van der Waals surface area contributed by atoms with E-state index in [1.165, 1.54) is 38.5 Å². The quantitative estimate of drug-likeness (QED) is 0.640. The van der Waals surface area contributed by atoms with Crippen molar-refractivity contribution >= 4 is 0 Å². The van der Waals surface area contributed by atoms with E-state index in [2.05, 4.69) is 72.1 Å². The van der Waals surface area contributed by atoms with E-state index in [0.717, 1.165) is 19.5 Å². The average Bonchev–Trinajstić information content (AvgIpc) is 3.06. The first-order valence-corrected chi connectivity index (χ1v) is 9.19. The summed E-state index contributed by atoms with van der Waals surface area (Å²) in [5, 5.41) is 8.54. The molecule has 2 aliphatic heterocycles. The van der Waals surface area contributed by atoms with Crippen LogP contribution < -0.4 is 11.1 Å². The molecule has 0 aromatic carbocycles. The van der Waals surface area contributed by atoms with Gasteiger partial charge in [-0.15, -0.1) is 0 Å². The summed E-state index contributed by atoms with van der Waals surface area (Å²) in [6.45, 7) is 13.5. The van der Waals surface area contributed by atoms with Crippen LogP contribution in [-0.2, 0) is 0 Å². The van der Waals surface area contributed by atoms with Crippen LogP contribution in [0.2, 0.25) is 0 Å². The molecular formula is C17H34N6. The zero-order chi connectivity index (χ0) is 16.7. The molecule has 0 aliphatic carbocycles. The molecule has 2 heterocycles. The first-order valence-electron chi connectivity index (χ1n) is 9.19. The lowest BCUT2D eigenvalue weighted by molar-refractivity contribution is 0.112. The van der Waals surface area contributed by atoms with Crippen molar-refractivity contribution in [1.29, 1.82) is 0 Å². The number of nitrogens with one attached hydrogen (secondary N) is 2. The Morgan fingerprint density at radius 1 is 0.739 bits per heavy atom. The Hall–Kier alpha value is -0.240. The minimum Gasteiger partial charge on any atom is -0.229 e. The highest BCUT2D eigenvalue weighted by Crippen LogP contribution is 2.18. The summed E-state index contributed by atoms with van der Waals surface area (Å²) in [6.07, 6.45) is 8.42. The summed E-state index contributed by atoms with van der Waals surface area (Å²) in [4.78, 5) is 0. The Bertz CT molecular complexity index is 296. The third-order valence-electron chi connectivity index (χ3n) is 4.53. The van der Waals surface area contributed by atoms with Gasteiger partial charge in [0.2, 0.25) is 0 Å². The topological polar surface area (TPSA) is 37.0 Å². The van der Waals surface area contributed by atoms with Crippen molar-refractivity contribution in [2.45, 2.75) is 70.9 Å². The molecule has 0 bridgehead atoms. The molecule has 0 aromatic heterocycles. The van der Waals surface area contributed by atoms with Gasteiger partial charge in [-0.25, -0.2) is 20.0 Å². The number of unbranched alkanes of at least 4 members (excludes halogenated alkanes) is 2. The molecule has 23 heavy (non-hydrogen) atoms. The fourth-order valence-electron chi connectivity index (χ4n) is 3.04. The van der Waals surface area contributed by atoms with Gasteiger partial charge in [0.05, 0.1) is 0 Å². The number of nitrogens with zero attached hydrogens (tertiary/aromatic N) is 4. The van der Waals surface area contributed by atoms with E-state index in [4.69, 9.17) is 0 Å². The Morgan fingerprint density at radius 2 is 1.17 bits per heavy atom. The number of hydrogen-bond donors (Lipinski definition) is 2. The summed E-state index contributed by atoms with van der Waals surface area (Å²) in [6, 6.07) is 0.810. The molecule has 132 valence electrons. The number of hydrogen-bond acceptors (Lipinski definition) is 6. The molecular weight excluding hydrogens is 288 g/mol. The number of likely N-dealkylation sites (N-methyl/N-ethyl adjacent to an activating group) is 2. The second-order valence-corrected chi connectivity index (χ2v) is 6.65. The maximum absolute atomic E-state index is 3.52. The zero-order valence-electron chi connectivity index (χ0n) is 15.3. The maximum atomic E-state index is 3.52. The van der Waals surface area contributed by atoms with Crippen LogP contribution in [0.15, 0.2) is 0 Å². The fourth-order valence-corrected chi connectivity index (χ4v) is 3.04. The van der Waals surface area contributed by atoms with Gasteiger partial charge in [0.1, 0.15) is 13.1 Å². The van der Waals surface area contributed by atoms with E-state index in [1.807, 2.05) is 0 Å². The summed E-state index contributed by atoms with van der Waals surface area (Å²) in [5.74, 6) is 0. The van der Waals surface area contributed by atoms with Gasteiger partial charge in [-0.1, -0.05) is 39.5 Å². The minimum absolute atomic E-state index is 0.405. The van der Waals surface area contributed by atoms with Crippen LogP contribution in [0.5, 0.6) is 0 Å².